The van der Waals surface area contributed by atoms with E-state index in [0.29, 0.717) is 48.6 Å². The lowest BCUT2D eigenvalue weighted by Gasteiger charge is -2.26. The van der Waals surface area contributed by atoms with Crippen LogP contribution >= 0.6 is 23.2 Å². The van der Waals surface area contributed by atoms with Crippen LogP contribution in [0.2, 0.25) is 10.3 Å². The van der Waals surface area contributed by atoms with Crippen molar-refractivity contribution < 1.29 is 9.85 Å². The third-order valence-corrected chi connectivity index (χ3v) is 7.49. The molecule has 4 rings (SSSR count). The van der Waals surface area contributed by atoms with Gasteiger partial charge in [0.25, 0.3) is 5.70 Å². The van der Waals surface area contributed by atoms with Crippen LogP contribution in [0, 0.1) is 32.1 Å². The SMILES string of the molecule is CC(Cc1ccc(Cl)nc1)C1CCN=C(/C(=C\C/C=C(\C2=NCCN2Cc2ccc(Cl)nc2)[N+](=O)[O-])[N+](=O)[O-])C1. The molecule has 0 fully saturated rings. The van der Waals surface area contributed by atoms with E-state index in [9.17, 15) is 20.2 Å². The van der Waals surface area contributed by atoms with Crippen LogP contribution in [0.4, 0.5) is 0 Å². The molecule has 13 heteroatoms. The molecule has 0 N–H and O–H groups in total. The van der Waals surface area contributed by atoms with E-state index in [4.69, 9.17) is 23.2 Å². The Kier molecular flexibility index (Phi) is 9.94. The maximum atomic E-state index is 12.0. The van der Waals surface area contributed by atoms with Gasteiger partial charge in [0.15, 0.2) is 0 Å². The molecule has 0 aromatic carbocycles. The van der Waals surface area contributed by atoms with Crippen molar-refractivity contribution in [1.29, 1.82) is 0 Å². The van der Waals surface area contributed by atoms with E-state index >= 15 is 0 Å². The number of nitrogens with zero attached hydrogens (tertiary/aromatic N) is 7. The first-order valence-corrected chi connectivity index (χ1v) is 13.7. The molecular formula is C27H29Cl2N7O4. The number of hydrogen-bond donors (Lipinski definition) is 0. The molecule has 2 aromatic heterocycles. The number of hydrogen-bond acceptors (Lipinski definition) is 9. The van der Waals surface area contributed by atoms with Gasteiger partial charge in [-0.25, -0.2) is 9.97 Å². The van der Waals surface area contributed by atoms with E-state index < -0.39 is 9.85 Å². The highest BCUT2D eigenvalue weighted by Crippen LogP contribution is 2.29. The van der Waals surface area contributed by atoms with E-state index in [-0.39, 0.29) is 35.5 Å². The zero-order valence-corrected chi connectivity index (χ0v) is 23.5. The van der Waals surface area contributed by atoms with Gasteiger partial charge in [0.05, 0.1) is 16.4 Å². The summed E-state index contributed by atoms with van der Waals surface area (Å²) >= 11 is 11.7. The first kappa shape index (κ1) is 29.3. The molecule has 2 aliphatic heterocycles. The van der Waals surface area contributed by atoms with Gasteiger partial charge in [-0.05, 0) is 66.9 Å². The second kappa shape index (κ2) is 13.6. The summed E-state index contributed by atoms with van der Waals surface area (Å²) in [6.07, 6.45) is 8.22. The summed E-state index contributed by atoms with van der Waals surface area (Å²) < 4.78 is 0. The van der Waals surface area contributed by atoms with Crippen molar-refractivity contribution in [3.05, 3.63) is 102 Å². The lowest BCUT2D eigenvalue weighted by atomic mass is 9.81. The highest BCUT2D eigenvalue weighted by molar-refractivity contribution is 6.29. The fourth-order valence-electron chi connectivity index (χ4n) is 4.94. The topological polar surface area (TPSA) is 140 Å². The lowest BCUT2D eigenvalue weighted by molar-refractivity contribution is -0.416. The number of pyridine rings is 2. The van der Waals surface area contributed by atoms with Crippen molar-refractivity contribution >= 4 is 34.7 Å². The normalized spacial score (nSPS) is 18.8. The van der Waals surface area contributed by atoms with Gasteiger partial charge in [0.1, 0.15) is 16.0 Å². The maximum absolute atomic E-state index is 12.0. The van der Waals surface area contributed by atoms with Crippen LogP contribution in [0.1, 0.15) is 37.3 Å². The quantitative estimate of drug-likeness (QED) is 0.194. The van der Waals surface area contributed by atoms with Crippen LogP contribution < -0.4 is 0 Å². The first-order valence-electron chi connectivity index (χ1n) is 12.9. The molecule has 11 nitrogen and oxygen atoms in total. The van der Waals surface area contributed by atoms with E-state index in [0.717, 1.165) is 24.0 Å². The minimum absolute atomic E-state index is 0.00231. The average molecular weight is 586 g/mol. The molecule has 210 valence electrons. The van der Waals surface area contributed by atoms with Gasteiger partial charge in [-0.15, -0.1) is 0 Å². The Morgan fingerprint density at radius 1 is 1.00 bits per heavy atom. The molecule has 2 aliphatic rings. The third-order valence-electron chi connectivity index (χ3n) is 7.04. The van der Waals surface area contributed by atoms with Gasteiger partial charge in [0.2, 0.25) is 5.84 Å². The number of halogens is 2. The number of amidine groups is 1. The largest absolute Gasteiger partial charge is 0.345 e. The summed E-state index contributed by atoms with van der Waals surface area (Å²) in [6, 6.07) is 7.15. The van der Waals surface area contributed by atoms with Gasteiger partial charge >= 0.3 is 5.70 Å². The highest BCUT2D eigenvalue weighted by atomic mass is 35.5. The van der Waals surface area contributed by atoms with Crippen molar-refractivity contribution in [2.45, 2.75) is 39.2 Å². The zero-order valence-electron chi connectivity index (χ0n) is 21.9. The molecular weight excluding hydrogens is 557 g/mol. The summed E-state index contributed by atoms with van der Waals surface area (Å²) in [5.41, 5.74) is 2.02. The fraction of sp³-hybridized carbons (Fsp3) is 0.407. The molecule has 2 atom stereocenters. The van der Waals surface area contributed by atoms with Crippen LogP contribution in [0.5, 0.6) is 0 Å². The Hall–Kier alpha value is -3.70. The Bertz CT molecular complexity index is 1360. The minimum atomic E-state index is -0.502. The number of allylic oxidation sites excluding steroid dienone is 3. The van der Waals surface area contributed by atoms with Crippen LogP contribution in [0.25, 0.3) is 0 Å². The number of nitro groups is 2. The Morgan fingerprint density at radius 3 is 2.27 bits per heavy atom. The molecule has 2 aromatic rings. The number of aromatic nitrogens is 2. The Labute approximate surface area is 241 Å². The standard InChI is InChI=1S/C27H29Cl2N7O4/c1-18(13-19-5-7-25(28)32-15-19)21-9-10-30-22(14-21)23(35(37)38)3-2-4-24(36(39)40)27-31-11-12-34(27)17-20-6-8-26(29)33-16-20/h3-8,15-16,18,21H,2,9-14,17H2,1H3/b23-3+,24-4+. The van der Waals surface area contributed by atoms with Gasteiger partial charge in [-0.1, -0.05) is 42.3 Å². The summed E-state index contributed by atoms with van der Waals surface area (Å²) in [5, 5.41) is 24.7. The van der Waals surface area contributed by atoms with Crippen molar-refractivity contribution in [1.82, 2.24) is 14.9 Å². The fourth-order valence-corrected chi connectivity index (χ4v) is 5.17. The van der Waals surface area contributed by atoms with Crippen LogP contribution in [-0.2, 0) is 13.0 Å². The summed E-state index contributed by atoms with van der Waals surface area (Å²) in [6.45, 7) is 3.93. The molecule has 0 bridgehead atoms. The molecule has 0 amide bonds. The average Bonchev–Trinajstić information content (AvgIpc) is 3.38. The zero-order chi connectivity index (χ0) is 28.6. The van der Waals surface area contributed by atoms with E-state index in [2.05, 4.69) is 26.9 Å². The smallest absolute Gasteiger partial charge is 0.307 e. The van der Waals surface area contributed by atoms with E-state index in [1.54, 1.807) is 35.5 Å². The molecule has 2 unspecified atom stereocenters. The summed E-state index contributed by atoms with van der Waals surface area (Å²) in [5.74, 6) is 0.710. The molecule has 0 spiro atoms. The minimum Gasteiger partial charge on any atom is -0.345 e. The Balaban J connectivity index is 1.45. The lowest BCUT2D eigenvalue weighted by Crippen LogP contribution is -2.31. The Morgan fingerprint density at radius 2 is 1.65 bits per heavy atom. The predicted molar refractivity (Wildman–Crippen MR) is 154 cm³/mol. The van der Waals surface area contributed by atoms with Crippen LogP contribution in [-0.4, -0.2) is 55.9 Å². The molecule has 40 heavy (non-hydrogen) atoms. The van der Waals surface area contributed by atoms with Crippen molar-refractivity contribution in [3.8, 4) is 0 Å². The van der Waals surface area contributed by atoms with Gasteiger partial charge < -0.3 is 4.90 Å². The second-order valence-electron chi connectivity index (χ2n) is 9.80. The first-order chi connectivity index (χ1) is 19.2. The molecule has 4 heterocycles. The molecule has 0 saturated heterocycles. The summed E-state index contributed by atoms with van der Waals surface area (Å²) in [4.78, 5) is 41.7. The summed E-state index contributed by atoms with van der Waals surface area (Å²) in [7, 11) is 0. The van der Waals surface area contributed by atoms with E-state index in [1.165, 1.54) is 12.2 Å². The van der Waals surface area contributed by atoms with Crippen molar-refractivity contribution in [2.75, 3.05) is 19.6 Å². The monoisotopic (exact) mass is 585 g/mol. The predicted octanol–water partition coefficient (Wildman–Crippen LogP) is 5.44. The van der Waals surface area contributed by atoms with Gasteiger partial charge in [-0.2, -0.15) is 0 Å². The molecule has 0 aliphatic carbocycles. The molecule has 0 saturated carbocycles. The number of rotatable bonds is 11. The van der Waals surface area contributed by atoms with Crippen molar-refractivity contribution in [3.63, 3.8) is 0 Å². The van der Waals surface area contributed by atoms with Gasteiger partial charge in [-0.3, -0.25) is 30.2 Å². The number of aliphatic imine (C=N–C) groups is 2. The van der Waals surface area contributed by atoms with Crippen molar-refractivity contribution in [2.24, 2.45) is 21.8 Å². The van der Waals surface area contributed by atoms with Gasteiger partial charge in [0, 0.05) is 38.1 Å². The third kappa shape index (κ3) is 7.70. The van der Waals surface area contributed by atoms with E-state index in [1.807, 2.05) is 6.07 Å². The second-order valence-corrected chi connectivity index (χ2v) is 10.6. The molecule has 0 radical (unpaired) electrons. The van der Waals surface area contributed by atoms with Crippen LogP contribution in [0.3, 0.4) is 0 Å². The highest BCUT2D eigenvalue weighted by Gasteiger charge is 2.31. The van der Waals surface area contributed by atoms with Crippen LogP contribution in [0.15, 0.2) is 70.2 Å². The maximum Gasteiger partial charge on any atom is 0.307 e.